The molecule has 17 heavy (non-hydrogen) atoms. The molecule has 0 spiro atoms. The Hall–Kier alpha value is -1.93. The number of aromatic nitrogens is 2. The van der Waals surface area contributed by atoms with Crippen LogP contribution in [0.25, 0.3) is 10.8 Å². The van der Waals surface area contributed by atoms with E-state index in [9.17, 15) is 9.59 Å². The van der Waals surface area contributed by atoms with E-state index in [1.807, 2.05) is 0 Å². The minimum atomic E-state index is -1.17. The van der Waals surface area contributed by atoms with Gasteiger partial charge in [-0.05, 0) is 0 Å². The number of carbonyl (C=O) groups is 1. The average molecular weight is 255 g/mol. The first-order chi connectivity index (χ1) is 8.09. The van der Waals surface area contributed by atoms with Gasteiger partial charge >= 0.3 is 5.97 Å². The number of aromatic amines is 1. The second kappa shape index (κ2) is 4.52. The molecule has 0 saturated heterocycles. The van der Waals surface area contributed by atoms with Crippen molar-refractivity contribution >= 4 is 17.3 Å². The summed E-state index contributed by atoms with van der Waals surface area (Å²) in [5.41, 5.74) is 5.11. The van der Waals surface area contributed by atoms with Crippen molar-refractivity contribution in [3.05, 3.63) is 27.5 Å². The van der Waals surface area contributed by atoms with Crippen LogP contribution < -0.4 is 11.3 Å². The molecule has 2 rings (SSSR count). The van der Waals surface area contributed by atoms with Gasteiger partial charge < -0.3 is 15.4 Å². The lowest BCUT2D eigenvalue weighted by molar-refractivity contribution is -0.138. The molecule has 0 fully saturated rings. The Morgan fingerprint density at radius 1 is 1.71 bits per heavy atom. The Balaban J connectivity index is 2.37. The molecule has 4 N–H and O–H groups in total. The van der Waals surface area contributed by atoms with Gasteiger partial charge in [-0.15, -0.1) is 11.3 Å². The smallest absolute Gasteiger partial charge is 0.320 e. The van der Waals surface area contributed by atoms with E-state index in [4.69, 9.17) is 15.4 Å². The highest BCUT2D eigenvalue weighted by Gasteiger charge is 2.22. The van der Waals surface area contributed by atoms with Crippen LogP contribution in [0, 0.1) is 0 Å². The number of aliphatic carboxylic acids is 1. The summed E-state index contributed by atoms with van der Waals surface area (Å²) in [5, 5.41) is 13.1. The lowest BCUT2D eigenvalue weighted by Gasteiger charge is -2.03. The fraction of sp³-hybridized carbons (Fsp3) is 0.222. The van der Waals surface area contributed by atoms with Crippen LogP contribution in [0.4, 0.5) is 0 Å². The summed E-state index contributed by atoms with van der Waals surface area (Å²) in [6.45, 7) is 0. The molecule has 90 valence electrons. The molecule has 0 bridgehead atoms. The van der Waals surface area contributed by atoms with Crippen molar-refractivity contribution in [2.75, 3.05) is 0 Å². The van der Waals surface area contributed by atoms with Crippen LogP contribution in [-0.4, -0.2) is 27.3 Å². The van der Waals surface area contributed by atoms with Crippen LogP contribution in [0.3, 0.4) is 0 Å². The van der Waals surface area contributed by atoms with Gasteiger partial charge in [-0.25, -0.2) is 4.98 Å². The number of H-pyrrole nitrogens is 1. The minimum absolute atomic E-state index is 0.101. The van der Waals surface area contributed by atoms with E-state index in [0.29, 0.717) is 5.01 Å². The normalized spacial score (nSPS) is 12.5. The minimum Gasteiger partial charge on any atom is -0.480 e. The van der Waals surface area contributed by atoms with Crippen LogP contribution in [0.1, 0.15) is 5.56 Å². The van der Waals surface area contributed by atoms with Gasteiger partial charge in [0.2, 0.25) is 0 Å². The number of thiazole rings is 1. The lowest BCUT2D eigenvalue weighted by atomic mass is 10.1. The van der Waals surface area contributed by atoms with E-state index in [0.717, 1.165) is 0 Å². The fourth-order valence-electron chi connectivity index (χ4n) is 1.32. The first-order valence-electron chi connectivity index (χ1n) is 4.68. The number of nitrogens with two attached hydrogens (primary N) is 1. The quantitative estimate of drug-likeness (QED) is 0.709. The first kappa shape index (κ1) is 11.6. The molecular formula is C9H9N3O4S. The number of rotatable bonds is 4. The Morgan fingerprint density at radius 2 is 2.47 bits per heavy atom. The summed E-state index contributed by atoms with van der Waals surface area (Å²) in [5.74, 6) is -0.919. The predicted molar refractivity (Wildman–Crippen MR) is 59.8 cm³/mol. The molecule has 1 atom stereocenters. The van der Waals surface area contributed by atoms with Crippen molar-refractivity contribution in [3.8, 4) is 10.8 Å². The summed E-state index contributed by atoms with van der Waals surface area (Å²) in [6.07, 6.45) is 1.46. The molecule has 0 amide bonds. The van der Waals surface area contributed by atoms with E-state index in [2.05, 4.69) is 10.1 Å². The second-order valence-corrected chi connectivity index (χ2v) is 4.22. The molecule has 8 heteroatoms. The Bertz CT molecular complexity index is 571. The third-order valence-corrected chi connectivity index (χ3v) is 2.93. The van der Waals surface area contributed by atoms with Crippen LogP contribution >= 0.6 is 11.3 Å². The third-order valence-electron chi connectivity index (χ3n) is 2.16. The van der Waals surface area contributed by atoms with Crippen LogP contribution in [0.2, 0.25) is 0 Å². The van der Waals surface area contributed by atoms with Crippen molar-refractivity contribution in [1.82, 2.24) is 10.1 Å². The largest absolute Gasteiger partial charge is 0.480 e. The number of nitrogens with zero attached hydrogens (tertiary/aromatic N) is 1. The molecule has 0 radical (unpaired) electrons. The van der Waals surface area contributed by atoms with E-state index < -0.39 is 17.6 Å². The van der Waals surface area contributed by atoms with Gasteiger partial charge in [-0.1, -0.05) is 0 Å². The highest BCUT2D eigenvalue weighted by molar-refractivity contribution is 7.13. The monoisotopic (exact) mass is 255 g/mol. The SMILES string of the molecule is NC(Cc1c(-c2nccs2)o[nH]c1=O)C(=O)O. The number of carboxylic acid groups (broad SMARTS) is 1. The number of hydrogen-bond donors (Lipinski definition) is 3. The molecule has 0 aliphatic heterocycles. The van der Waals surface area contributed by atoms with Gasteiger partial charge in [0.15, 0.2) is 10.8 Å². The molecule has 2 heterocycles. The van der Waals surface area contributed by atoms with E-state index in [-0.39, 0.29) is 17.7 Å². The predicted octanol–water partition coefficient (Wildman–Crippen LogP) is 0.0458. The van der Waals surface area contributed by atoms with Gasteiger partial charge in [0.05, 0.1) is 5.56 Å². The van der Waals surface area contributed by atoms with E-state index in [1.54, 1.807) is 11.6 Å². The van der Waals surface area contributed by atoms with Gasteiger partial charge in [0.1, 0.15) is 6.04 Å². The molecule has 0 aliphatic carbocycles. The maximum atomic E-state index is 11.5. The van der Waals surface area contributed by atoms with Crippen molar-refractivity contribution < 1.29 is 14.4 Å². The lowest BCUT2D eigenvalue weighted by Crippen LogP contribution is -2.33. The van der Waals surface area contributed by atoms with Crippen molar-refractivity contribution in [2.24, 2.45) is 5.73 Å². The van der Waals surface area contributed by atoms with E-state index >= 15 is 0 Å². The average Bonchev–Trinajstić information content (AvgIpc) is 2.89. The zero-order chi connectivity index (χ0) is 12.4. The summed E-state index contributed by atoms with van der Waals surface area (Å²) < 4.78 is 4.98. The summed E-state index contributed by atoms with van der Waals surface area (Å²) in [6, 6.07) is -1.15. The molecular weight excluding hydrogens is 246 g/mol. The molecule has 0 aliphatic rings. The van der Waals surface area contributed by atoms with E-state index in [1.165, 1.54) is 11.3 Å². The van der Waals surface area contributed by atoms with Gasteiger partial charge in [-0.2, -0.15) is 5.16 Å². The molecule has 1 unspecified atom stereocenters. The van der Waals surface area contributed by atoms with Gasteiger partial charge in [-0.3, -0.25) is 9.59 Å². The Morgan fingerprint density at radius 3 is 3.06 bits per heavy atom. The Kier molecular flexibility index (Phi) is 3.07. The molecule has 0 aromatic carbocycles. The maximum Gasteiger partial charge on any atom is 0.320 e. The van der Waals surface area contributed by atoms with Crippen LogP contribution in [0.5, 0.6) is 0 Å². The second-order valence-electron chi connectivity index (χ2n) is 3.33. The zero-order valence-corrected chi connectivity index (χ0v) is 9.36. The van der Waals surface area contributed by atoms with Gasteiger partial charge in [0.25, 0.3) is 5.56 Å². The fourth-order valence-corrected chi connectivity index (χ4v) is 1.97. The standard InChI is InChI=1S/C9H9N3O4S/c10-5(9(14)15)3-4-6(16-12-7(4)13)8-11-1-2-17-8/h1-2,5H,3,10H2,(H,12,13)(H,14,15). The van der Waals surface area contributed by atoms with Crippen LogP contribution in [-0.2, 0) is 11.2 Å². The summed E-state index contributed by atoms with van der Waals surface area (Å²) in [7, 11) is 0. The maximum absolute atomic E-state index is 11.5. The number of nitrogens with one attached hydrogen (secondary N) is 1. The summed E-state index contributed by atoms with van der Waals surface area (Å²) in [4.78, 5) is 26.1. The first-order valence-corrected chi connectivity index (χ1v) is 5.56. The van der Waals surface area contributed by atoms with Crippen molar-refractivity contribution in [3.63, 3.8) is 0 Å². The van der Waals surface area contributed by atoms with Gasteiger partial charge in [0, 0.05) is 18.0 Å². The third kappa shape index (κ3) is 2.27. The number of carboxylic acids is 1. The summed E-state index contributed by atoms with van der Waals surface area (Å²) >= 11 is 1.29. The highest BCUT2D eigenvalue weighted by atomic mass is 32.1. The zero-order valence-electron chi connectivity index (χ0n) is 8.54. The highest BCUT2D eigenvalue weighted by Crippen LogP contribution is 2.23. The molecule has 0 saturated carbocycles. The topological polar surface area (TPSA) is 122 Å². The molecule has 2 aromatic heterocycles. The van der Waals surface area contributed by atoms with Crippen molar-refractivity contribution in [1.29, 1.82) is 0 Å². The molecule has 7 nitrogen and oxygen atoms in total. The van der Waals surface area contributed by atoms with Crippen molar-refractivity contribution in [2.45, 2.75) is 12.5 Å². The van der Waals surface area contributed by atoms with Crippen LogP contribution in [0.15, 0.2) is 20.9 Å². The Labute approximate surface area is 98.9 Å². The number of hydrogen-bond acceptors (Lipinski definition) is 6. The molecule has 2 aromatic rings.